The molecule has 0 spiro atoms. The molecule has 2 atom stereocenters. The maximum Gasteiger partial charge on any atom is 0.231 e. The van der Waals surface area contributed by atoms with E-state index in [4.69, 9.17) is 16.1 Å². The summed E-state index contributed by atoms with van der Waals surface area (Å²) in [5.41, 5.74) is 0.660. The van der Waals surface area contributed by atoms with Crippen LogP contribution in [0.3, 0.4) is 0 Å². The van der Waals surface area contributed by atoms with Crippen molar-refractivity contribution in [2.75, 3.05) is 6.54 Å². The molecule has 6 heteroatoms. The topological polar surface area (TPSA) is 63.8 Å². The van der Waals surface area contributed by atoms with E-state index in [0.717, 1.165) is 6.54 Å². The van der Waals surface area contributed by atoms with Gasteiger partial charge < -0.3 is 9.84 Å². The monoisotopic (exact) mass is 308 g/mol. The highest BCUT2D eigenvalue weighted by Crippen LogP contribution is 2.28. The van der Waals surface area contributed by atoms with E-state index in [0.29, 0.717) is 28.3 Å². The molecule has 0 saturated carbocycles. The summed E-state index contributed by atoms with van der Waals surface area (Å²) in [5.74, 6) is 1.70. The van der Waals surface area contributed by atoms with Gasteiger partial charge >= 0.3 is 0 Å². The van der Waals surface area contributed by atoms with Gasteiger partial charge in [0, 0.05) is 12.2 Å². The zero-order valence-corrected chi connectivity index (χ0v) is 13.6. The van der Waals surface area contributed by atoms with E-state index in [1.54, 1.807) is 18.3 Å². The number of halogens is 1. The molecule has 2 heterocycles. The minimum absolute atomic E-state index is 0.165. The first-order valence-corrected chi connectivity index (χ1v) is 7.59. The molecular weight excluding hydrogens is 288 g/mol. The second-order valence-corrected chi connectivity index (χ2v) is 5.87. The third-order valence-electron chi connectivity index (χ3n) is 3.47. The normalized spacial score (nSPS) is 14.4. The minimum atomic E-state index is 0.165. The predicted molar refractivity (Wildman–Crippen MR) is 83.3 cm³/mol. The Kier molecular flexibility index (Phi) is 5.31. The molecule has 2 unspecified atom stereocenters. The van der Waals surface area contributed by atoms with Gasteiger partial charge in [-0.25, -0.2) is 0 Å². The van der Waals surface area contributed by atoms with Crippen molar-refractivity contribution in [3.63, 3.8) is 0 Å². The van der Waals surface area contributed by atoms with Gasteiger partial charge in [0.1, 0.15) is 5.69 Å². The van der Waals surface area contributed by atoms with Gasteiger partial charge in [-0.3, -0.25) is 4.98 Å². The molecule has 2 rings (SSSR count). The lowest BCUT2D eigenvalue weighted by molar-refractivity contribution is 0.281. The summed E-state index contributed by atoms with van der Waals surface area (Å²) >= 11 is 5.84. The van der Waals surface area contributed by atoms with Crippen molar-refractivity contribution in [1.29, 1.82) is 0 Å². The third kappa shape index (κ3) is 3.80. The summed E-state index contributed by atoms with van der Waals surface area (Å²) < 4.78 is 5.47. The van der Waals surface area contributed by atoms with Gasteiger partial charge in [-0.2, -0.15) is 4.98 Å². The summed E-state index contributed by atoms with van der Waals surface area (Å²) in [6.07, 6.45) is 1.58. The van der Waals surface area contributed by atoms with Crippen LogP contribution in [0.2, 0.25) is 5.02 Å². The second-order valence-electron chi connectivity index (χ2n) is 5.43. The Morgan fingerprint density at radius 2 is 2.05 bits per heavy atom. The molecule has 0 amide bonds. The Morgan fingerprint density at radius 3 is 2.62 bits per heavy atom. The lowest BCUT2D eigenvalue weighted by Crippen LogP contribution is -2.34. The Labute approximate surface area is 130 Å². The summed E-state index contributed by atoms with van der Waals surface area (Å²) in [7, 11) is 0. The standard InChI is InChI=1S/C15H21ClN4O/c1-5-17-10(4)13(9(2)3)15-19-14(20-21-15)12-7-6-11(16)8-18-12/h6-10,13,17H,5H2,1-4H3. The van der Waals surface area contributed by atoms with Crippen LogP contribution in [0, 0.1) is 5.92 Å². The Morgan fingerprint density at radius 1 is 1.29 bits per heavy atom. The van der Waals surface area contributed by atoms with Gasteiger partial charge in [-0.15, -0.1) is 0 Å². The Hall–Kier alpha value is -1.46. The zero-order chi connectivity index (χ0) is 15.4. The first kappa shape index (κ1) is 15.9. The number of pyridine rings is 1. The van der Waals surface area contributed by atoms with E-state index in [1.165, 1.54) is 0 Å². The molecule has 0 aliphatic rings. The Balaban J connectivity index is 2.26. The van der Waals surface area contributed by atoms with Crippen LogP contribution < -0.4 is 5.32 Å². The molecule has 0 saturated heterocycles. The van der Waals surface area contributed by atoms with Crippen molar-refractivity contribution in [2.45, 2.75) is 39.7 Å². The molecule has 2 aromatic heterocycles. The summed E-state index contributed by atoms with van der Waals surface area (Å²) in [6.45, 7) is 9.44. The summed E-state index contributed by atoms with van der Waals surface area (Å²) in [5, 5.41) is 8.05. The van der Waals surface area contributed by atoms with E-state index < -0.39 is 0 Å². The van der Waals surface area contributed by atoms with Gasteiger partial charge in [0.15, 0.2) is 0 Å². The molecule has 2 aromatic rings. The van der Waals surface area contributed by atoms with Crippen molar-refractivity contribution in [3.8, 4) is 11.5 Å². The van der Waals surface area contributed by atoms with Crippen LogP contribution in [-0.4, -0.2) is 27.7 Å². The predicted octanol–water partition coefficient (Wildman–Crippen LogP) is 3.52. The summed E-state index contributed by atoms with van der Waals surface area (Å²) in [6, 6.07) is 3.82. The fraction of sp³-hybridized carbons (Fsp3) is 0.533. The highest BCUT2D eigenvalue weighted by atomic mass is 35.5. The van der Waals surface area contributed by atoms with Crippen LogP contribution in [0.15, 0.2) is 22.9 Å². The van der Waals surface area contributed by atoms with Gasteiger partial charge in [-0.1, -0.05) is 37.5 Å². The number of nitrogens with zero attached hydrogens (tertiary/aromatic N) is 3. The van der Waals surface area contributed by atoms with E-state index in [9.17, 15) is 0 Å². The fourth-order valence-electron chi connectivity index (χ4n) is 2.51. The zero-order valence-electron chi connectivity index (χ0n) is 12.8. The van der Waals surface area contributed by atoms with Crippen molar-refractivity contribution in [2.24, 2.45) is 5.92 Å². The molecule has 0 aliphatic carbocycles. The molecule has 0 bridgehead atoms. The largest absolute Gasteiger partial charge is 0.339 e. The average molecular weight is 309 g/mol. The molecule has 0 aromatic carbocycles. The number of rotatable bonds is 6. The lowest BCUT2D eigenvalue weighted by Gasteiger charge is -2.24. The summed E-state index contributed by atoms with van der Waals surface area (Å²) in [4.78, 5) is 8.73. The average Bonchev–Trinajstić information content (AvgIpc) is 2.89. The van der Waals surface area contributed by atoms with Crippen molar-refractivity contribution < 1.29 is 4.52 Å². The maximum atomic E-state index is 5.84. The molecule has 1 N–H and O–H groups in total. The Bertz CT molecular complexity index is 567. The maximum absolute atomic E-state index is 5.84. The molecule has 21 heavy (non-hydrogen) atoms. The number of aromatic nitrogens is 3. The van der Waals surface area contributed by atoms with Crippen molar-refractivity contribution in [1.82, 2.24) is 20.4 Å². The second kappa shape index (κ2) is 7.00. The van der Waals surface area contributed by atoms with E-state index in [-0.39, 0.29) is 12.0 Å². The lowest BCUT2D eigenvalue weighted by atomic mass is 9.89. The van der Waals surface area contributed by atoms with E-state index in [2.05, 4.69) is 48.1 Å². The van der Waals surface area contributed by atoms with Crippen molar-refractivity contribution in [3.05, 3.63) is 29.2 Å². The smallest absolute Gasteiger partial charge is 0.231 e. The first-order valence-electron chi connectivity index (χ1n) is 7.21. The highest BCUT2D eigenvalue weighted by molar-refractivity contribution is 6.30. The van der Waals surface area contributed by atoms with Crippen LogP contribution >= 0.6 is 11.6 Å². The van der Waals surface area contributed by atoms with Crippen LogP contribution in [-0.2, 0) is 0 Å². The van der Waals surface area contributed by atoms with Crippen LogP contribution in [0.4, 0.5) is 0 Å². The molecule has 0 aliphatic heterocycles. The van der Waals surface area contributed by atoms with Crippen LogP contribution in [0.5, 0.6) is 0 Å². The van der Waals surface area contributed by atoms with Gasteiger partial charge in [0.05, 0.1) is 10.9 Å². The molecule has 0 fully saturated rings. The van der Waals surface area contributed by atoms with Gasteiger partial charge in [0.25, 0.3) is 0 Å². The number of nitrogens with one attached hydrogen (secondary N) is 1. The van der Waals surface area contributed by atoms with Crippen LogP contribution in [0.1, 0.15) is 39.5 Å². The molecule has 114 valence electrons. The van der Waals surface area contributed by atoms with Gasteiger partial charge in [0.2, 0.25) is 11.7 Å². The van der Waals surface area contributed by atoms with E-state index in [1.807, 2.05) is 0 Å². The highest BCUT2D eigenvalue weighted by Gasteiger charge is 2.28. The first-order chi connectivity index (χ1) is 10.0. The third-order valence-corrected chi connectivity index (χ3v) is 3.69. The van der Waals surface area contributed by atoms with E-state index >= 15 is 0 Å². The molecular formula is C15H21ClN4O. The van der Waals surface area contributed by atoms with Gasteiger partial charge in [-0.05, 0) is 31.5 Å². The number of hydrogen-bond acceptors (Lipinski definition) is 5. The molecule has 0 radical (unpaired) electrons. The number of hydrogen-bond donors (Lipinski definition) is 1. The van der Waals surface area contributed by atoms with Crippen molar-refractivity contribution >= 4 is 11.6 Å². The molecule has 5 nitrogen and oxygen atoms in total. The minimum Gasteiger partial charge on any atom is -0.339 e. The number of likely N-dealkylation sites (N-methyl/N-ethyl adjacent to an activating group) is 1. The quantitative estimate of drug-likeness (QED) is 0.884. The SMILES string of the molecule is CCNC(C)C(c1nc(-c2ccc(Cl)cn2)no1)C(C)C. The fourth-order valence-corrected chi connectivity index (χ4v) is 2.62. The van der Waals surface area contributed by atoms with Crippen LogP contribution in [0.25, 0.3) is 11.5 Å².